The van der Waals surface area contributed by atoms with Crippen LogP contribution in [0.3, 0.4) is 0 Å². The van der Waals surface area contributed by atoms with Crippen molar-refractivity contribution in [3.05, 3.63) is 29.9 Å². The lowest BCUT2D eigenvalue weighted by Crippen LogP contribution is -2.39. The highest BCUT2D eigenvalue weighted by atomic mass is 16.3. The number of piperidine rings is 3. The Morgan fingerprint density at radius 2 is 2.21 bits per heavy atom. The van der Waals surface area contributed by atoms with E-state index in [0.29, 0.717) is 0 Å². The van der Waals surface area contributed by atoms with Crippen molar-refractivity contribution in [2.24, 2.45) is 5.92 Å². The molecule has 2 heteroatoms. The first kappa shape index (κ1) is 8.16. The van der Waals surface area contributed by atoms with Crippen LogP contribution < -0.4 is 0 Å². The van der Waals surface area contributed by atoms with Crippen LogP contribution in [0.15, 0.2) is 28.5 Å². The molecule has 0 saturated carbocycles. The van der Waals surface area contributed by atoms with Crippen molar-refractivity contribution in [1.29, 1.82) is 0 Å². The van der Waals surface area contributed by atoms with E-state index in [9.17, 15) is 0 Å². The zero-order valence-electron chi connectivity index (χ0n) is 8.28. The van der Waals surface area contributed by atoms with Gasteiger partial charge in [0.2, 0.25) is 0 Å². The Bertz CT molecular complexity index is 331. The Balaban J connectivity index is 1.85. The van der Waals surface area contributed by atoms with Gasteiger partial charge >= 0.3 is 0 Å². The van der Waals surface area contributed by atoms with Crippen LogP contribution in [-0.2, 0) is 0 Å². The molecule has 1 aromatic rings. The van der Waals surface area contributed by atoms with Crippen LogP contribution in [0.5, 0.6) is 0 Å². The van der Waals surface area contributed by atoms with E-state index >= 15 is 0 Å². The number of hydrogen-bond donors (Lipinski definition) is 0. The third kappa shape index (κ3) is 1.35. The summed E-state index contributed by atoms with van der Waals surface area (Å²) in [5.74, 6) is 1.92. The number of rotatable bonds is 1. The molecular weight excluding hydrogens is 174 g/mol. The van der Waals surface area contributed by atoms with Crippen LogP contribution in [0.25, 0.3) is 6.08 Å². The van der Waals surface area contributed by atoms with Gasteiger partial charge in [-0.25, -0.2) is 0 Å². The number of nitrogens with zero attached hydrogens (tertiary/aromatic N) is 1. The molecule has 0 amide bonds. The van der Waals surface area contributed by atoms with Gasteiger partial charge in [0.25, 0.3) is 0 Å². The lowest BCUT2D eigenvalue weighted by atomic mass is 9.86. The van der Waals surface area contributed by atoms with Gasteiger partial charge in [-0.1, -0.05) is 0 Å². The van der Waals surface area contributed by atoms with Gasteiger partial charge in [0.15, 0.2) is 0 Å². The Morgan fingerprint density at radius 3 is 2.79 bits per heavy atom. The molecule has 1 aromatic heterocycles. The number of fused-ring (bicyclic) bond motifs is 3. The monoisotopic (exact) mass is 189 g/mol. The van der Waals surface area contributed by atoms with E-state index in [1.165, 1.54) is 38.0 Å². The van der Waals surface area contributed by atoms with Crippen LogP contribution in [0.2, 0.25) is 0 Å². The Morgan fingerprint density at radius 1 is 1.36 bits per heavy atom. The number of allylic oxidation sites excluding steroid dienone is 1. The molecule has 0 unspecified atom stereocenters. The van der Waals surface area contributed by atoms with Crippen molar-refractivity contribution in [2.75, 3.05) is 13.1 Å². The molecule has 0 atom stereocenters. The molecule has 3 saturated heterocycles. The molecule has 0 radical (unpaired) electrons. The highest BCUT2D eigenvalue weighted by molar-refractivity contribution is 5.47. The fourth-order valence-corrected chi connectivity index (χ4v) is 2.54. The van der Waals surface area contributed by atoms with Crippen molar-refractivity contribution < 1.29 is 4.42 Å². The highest BCUT2D eigenvalue weighted by Crippen LogP contribution is 2.35. The molecule has 4 rings (SSSR count). The van der Waals surface area contributed by atoms with Gasteiger partial charge in [0.1, 0.15) is 5.76 Å². The lowest BCUT2D eigenvalue weighted by Gasteiger charge is -2.42. The number of hydrogen-bond acceptors (Lipinski definition) is 2. The minimum absolute atomic E-state index is 0.932. The predicted molar refractivity (Wildman–Crippen MR) is 55.6 cm³/mol. The van der Waals surface area contributed by atoms with E-state index in [0.717, 1.165) is 11.7 Å². The third-order valence-electron chi connectivity index (χ3n) is 3.37. The van der Waals surface area contributed by atoms with E-state index in [1.54, 1.807) is 6.26 Å². The minimum atomic E-state index is 0.932. The van der Waals surface area contributed by atoms with Crippen LogP contribution in [0.1, 0.15) is 25.0 Å². The molecule has 14 heavy (non-hydrogen) atoms. The van der Waals surface area contributed by atoms with E-state index in [4.69, 9.17) is 4.42 Å². The summed E-state index contributed by atoms with van der Waals surface area (Å²) in [6.07, 6.45) is 7.96. The molecule has 3 aliphatic rings. The summed E-state index contributed by atoms with van der Waals surface area (Å²) < 4.78 is 5.34. The summed E-state index contributed by atoms with van der Waals surface area (Å²) in [5.41, 5.74) is 1.47. The molecular formula is C12H15NO. The van der Waals surface area contributed by atoms with Crippen LogP contribution in [0, 0.1) is 5.92 Å². The first-order valence-electron chi connectivity index (χ1n) is 5.41. The fourth-order valence-electron chi connectivity index (χ4n) is 2.54. The van der Waals surface area contributed by atoms with Gasteiger partial charge in [-0.2, -0.15) is 0 Å². The molecule has 3 fully saturated rings. The minimum Gasteiger partial charge on any atom is -0.465 e. The molecule has 0 N–H and O–H groups in total. The summed E-state index contributed by atoms with van der Waals surface area (Å²) in [6, 6.07) is 3.97. The molecule has 2 nitrogen and oxygen atoms in total. The van der Waals surface area contributed by atoms with Crippen molar-refractivity contribution in [2.45, 2.75) is 19.3 Å². The van der Waals surface area contributed by atoms with Gasteiger partial charge in [-0.05, 0) is 43.4 Å². The third-order valence-corrected chi connectivity index (χ3v) is 3.37. The van der Waals surface area contributed by atoms with Crippen molar-refractivity contribution in [3.8, 4) is 0 Å². The first-order chi connectivity index (χ1) is 6.92. The molecule has 0 aliphatic carbocycles. The van der Waals surface area contributed by atoms with Gasteiger partial charge in [0, 0.05) is 18.8 Å². The average molecular weight is 189 g/mol. The SMILES string of the molecule is C(=C1/CC2CCN1CC2)/c1ccco1. The summed E-state index contributed by atoms with van der Waals surface area (Å²) in [4.78, 5) is 2.50. The topological polar surface area (TPSA) is 16.4 Å². The predicted octanol–water partition coefficient (Wildman–Crippen LogP) is 2.74. The molecule has 2 bridgehead atoms. The summed E-state index contributed by atoms with van der Waals surface area (Å²) >= 11 is 0. The van der Waals surface area contributed by atoms with Crippen molar-refractivity contribution in [3.63, 3.8) is 0 Å². The summed E-state index contributed by atoms with van der Waals surface area (Å²) in [5, 5.41) is 0. The molecule has 0 aromatic carbocycles. The van der Waals surface area contributed by atoms with Gasteiger partial charge in [0.05, 0.1) is 6.26 Å². The summed E-state index contributed by atoms with van der Waals surface area (Å²) in [6.45, 7) is 2.49. The molecule has 3 aliphatic heterocycles. The normalized spacial score (nSPS) is 24.9. The fraction of sp³-hybridized carbons (Fsp3) is 0.500. The standard InChI is InChI=1S/C12H15NO/c1-2-12(14-7-1)9-11-8-10-3-5-13(11)6-4-10/h1-2,7,9-10H,3-6,8H2/b11-9+. The van der Waals surface area contributed by atoms with Gasteiger partial charge in [-0.15, -0.1) is 0 Å². The Labute approximate surface area is 84.2 Å². The van der Waals surface area contributed by atoms with Crippen LogP contribution in [-0.4, -0.2) is 18.0 Å². The van der Waals surface area contributed by atoms with Crippen molar-refractivity contribution >= 4 is 6.08 Å². The quantitative estimate of drug-likeness (QED) is 0.675. The Hall–Kier alpha value is -1.18. The van der Waals surface area contributed by atoms with E-state index in [1.807, 2.05) is 12.1 Å². The summed E-state index contributed by atoms with van der Waals surface area (Å²) in [7, 11) is 0. The largest absolute Gasteiger partial charge is 0.465 e. The van der Waals surface area contributed by atoms with Crippen LogP contribution in [0.4, 0.5) is 0 Å². The smallest absolute Gasteiger partial charge is 0.128 e. The maximum Gasteiger partial charge on any atom is 0.128 e. The highest BCUT2D eigenvalue weighted by Gasteiger charge is 2.28. The number of furan rings is 1. The second kappa shape index (κ2) is 3.19. The Kier molecular flexibility index (Phi) is 1.86. The van der Waals surface area contributed by atoms with Gasteiger partial charge in [-0.3, -0.25) is 0 Å². The maximum absolute atomic E-state index is 5.34. The lowest BCUT2D eigenvalue weighted by molar-refractivity contribution is 0.162. The average Bonchev–Trinajstić information content (AvgIpc) is 2.72. The van der Waals surface area contributed by atoms with Gasteiger partial charge < -0.3 is 9.32 Å². The molecule has 4 heterocycles. The second-order valence-corrected chi connectivity index (χ2v) is 4.29. The van der Waals surface area contributed by atoms with E-state index in [2.05, 4.69) is 11.0 Å². The molecule has 0 spiro atoms. The van der Waals surface area contributed by atoms with E-state index in [-0.39, 0.29) is 0 Å². The zero-order chi connectivity index (χ0) is 9.38. The molecule has 74 valence electrons. The van der Waals surface area contributed by atoms with Crippen molar-refractivity contribution in [1.82, 2.24) is 4.90 Å². The zero-order valence-corrected chi connectivity index (χ0v) is 8.28. The maximum atomic E-state index is 5.34. The first-order valence-corrected chi connectivity index (χ1v) is 5.41. The second-order valence-electron chi connectivity index (χ2n) is 4.29. The van der Waals surface area contributed by atoms with Crippen LogP contribution >= 0.6 is 0 Å². The van der Waals surface area contributed by atoms with E-state index < -0.39 is 0 Å².